The van der Waals surface area contributed by atoms with Gasteiger partial charge in [-0.3, -0.25) is 4.90 Å². The number of ether oxygens (including phenoxy) is 2. The second-order valence-electron chi connectivity index (χ2n) is 11.5. The molecule has 1 aliphatic carbocycles. The van der Waals surface area contributed by atoms with Gasteiger partial charge in [0.15, 0.2) is 0 Å². The van der Waals surface area contributed by atoms with Crippen LogP contribution in [0.25, 0.3) is 10.9 Å². The van der Waals surface area contributed by atoms with Crippen LogP contribution in [0.15, 0.2) is 42.5 Å². The summed E-state index contributed by atoms with van der Waals surface area (Å²) in [6.45, 7) is 6.53. The lowest BCUT2D eigenvalue weighted by atomic mass is 9.88. The van der Waals surface area contributed by atoms with Gasteiger partial charge in [0.2, 0.25) is 0 Å². The molecule has 2 aromatic carbocycles. The minimum atomic E-state index is -4.37. The third-order valence-corrected chi connectivity index (χ3v) is 9.05. The number of aromatic nitrogens is 2. The lowest BCUT2D eigenvalue weighted by Crippen LogP contribution is -2.40. The summed E-state index contributed by atoms with van der Waals surface area (Å²) < 4.78 is 53.5. The number of piperidine rings is 1. The number of likely N-dealkylation sites (N-methyl/N-ethyl adjacent to an activating group) is 1. The summed E-state index contributed by atoms with van der Waals surface area (Å²) in [6.07, 6.45) is -2.55. The number of halogens is 3. The molecule has 0 unspecified atom stereocenters. The number of fused-ring (bicyclic) bond motifs is 1. The molecule has 3 aromatic rings. The van der Waals surface area contributed by atoms with Crippen LogP contribution in [0.2, 0.25) is 0 Å². The lowest BCUT2D eigenvalue weighted by Gasteiger charge is -2.34. The summed E-state index contributed by atoms with van der Waals surface area (Å²) in [5, 5.41) is 0.804. The van der Waals surface area contributed by atoms with Gasteiger partial charge in [-0.1, -0.05) is 18.2 Å². The maximum Gasteiger partial charge on any atom is 0.401 e. The Balaban J connectivity index is 1.30. The summed E-state index contributed by atoms with van der Waals surface area (Å²) in [6, 6.07) is 14.0. The lowest BCUT2D eigenvalue weighted by molar-refractivity contribution is -0.162. The van der Waals surface area contributed by atoms with Crippen LogP contribution in [0.3, 0.4) is 0 Å². The molecule has 41 heavy (non-hydrogen) atoms. The molecule has 220 valence electrons. The average Bonchev–Trinajstić information content (AvgIpc) is 3.82. The van der Waals surface area contributed by atoms with E-state index >= 15 is 0 Å². The van der Waals surface area contributed by atoms with Crippen molar-refractivity contribution < 1.29 is 22.6 Å². The molecule has 1 aromatic heterocycles. The van der Waals surface area contributed by atoms with Crippen molar-refractivity contribution in [3.63, 3.8) is 0 Å². The van der Waals surface area contributed by atoms with Crippen LogP contribution in [0.1, 0.15) is 43.0 Å². The number of benzene rings is 2. The number of hydrogen-bond acceptors (Lipinski definition) is 7. The molecule has 3 heterocycles. The molecule has 0 spiro atoms. The quantitative estimate of drug-likeness (QED) is 0.361. The number of para-hydroxylation sites is 1. The maximum absolute atomic E-state index is 14.2. The molecule has 7 nitrogen and oxygen atoms in total. The van der Waals surface area contributed by atoms with E-state index in [-0.39, 0.29) is 18.7 Å². The predicted octanol–water partition coefficient (Wildman–Crippen LogP) is 5.38. The molecule has 6 rings (SSSR count). The molecule has 0 amide bonds. The van der Waals surface area contributed by atoms with Gasteiger partial charge in [0.1, 0.15) is 22.8 Å². The average molecular weight is 570 g/mol. The van der Waals surface area contributed by atoms with Crippen LogP contribution in [0.4, 0.5) is 24.7 Å². The van der Waals surface area contributed by atoms with E-state index in [4.69, 9.17) is 14.5 Å². The van der Waals surface area contributed by atoms with Crippen molar-refractivity contribution in [2.24, 2.45) is 0 Å². The molecule has 3 fully saturated rings. The molecule has 2 aliphatic heterocycles. The number of nitrogens with zero attached hydrogens (tertiary/aromatic N) is 5. The molecule has 0 bridgehead atoms. The molecule has 1 saturated carbocycles. The van der Waals surface area contributed by atoms with Gasteiger partial charge in [0.05, 0.1) is 25.8 Å². The smallest absolute Gasteiger partial charge is 0.401 e. The minimum Gasteiger partial charge on any atom is -0.496 e. The van der Waals surface area contributed by atoms with E-state index in [1.54, 1.807) is 7.11 Å². The summed E-state index contributed by atoms with van der Waals surface area (Å²) in [5.74, 6) is 1.73. The highest BCUT2D eigenvalue weighted by atomic mass is 19.4. The fourth-order valence-corrected chi connectivity index (χ4v) is 6.20. The zero-order valence-electron chi connectivity index (χ0n) is 23.8. The van der Waals surface area contributed by atoms with E-state index in [0.717, 1.165) is 69.1 Å². The topological polar surface area (TPSA) is 54.0 Å². The van der Waals surface area contributed by atoms with Gasteiger partial charge in [0.25, 0.3) is 0 Å². The van der Waals surface area contributed by atoms with Crippen LogP contribution >= 0.6 is 0 Å². The van der Waals surface area contributed by atoms with Gasteiger partial charge >= 0.3 is 6.18 Å². The van der Waals surface area contributed by atoms with Crippen molar-refractivity contribution in [2.45, 2.75) is 43.2 Å². The van der Waals surface area contributed by atoms with E-state index in [1.807, 2.05) is 36.4 Å². The third-order valence-electron chi connectivity index (χ3n) is 9.05. The second kappa shape index (κ2) is 11.3. The fourth-order valence-electron chi connectivity index (χ4n) is 6.20. The van der Waals surface area contributed by atoms with Gasteiger partial charge < -0.3 is 19.3 Å². The standard InChI is InChI=1S/C31H38F3N5O2/c1-37(15-16-38-17-19-41-20-18-38)23-7-8-26-25(21-23)28(36-29(35-26)30(11-12-30)31(32,33)34)39-13-9-22(10-14-39)24-5-3-4-6-27(24)40-2/h3-8,21-22H,9-20H2,1-2H3. The summed E-state index contributed by atoms with van der Waals surface area (Å²) in [7, 11) is 3.74. The van der Waals surface area contributed by atoms with E-state index in [1.165, 1.54) is 5.56 Å². The number of morpholine rings is 1. The van der Waals surface area contributed by atoms with Crippen molar-refractivity contribution in [3.8, 4) is 5.75 Å². The third kappa shape index (κ3) is 5.56. The molecular formula is C31H38F3N5O2. The number of hydrogen-bond donors (Lipinski definition) is 0. The first-order valence-electron chi connectivity index (χ1n) is 14.6. The molecule has 0 N–H and O–H groups in total. The SMILES string of the molecule is COc1ccccc1C1CCN(c2nc(C3(C(F)(F)F)CC3)nc3ccc(N(C)CCN4CCOCC4)cc23)CC1. The molecule has 3 aliphatic rings. The first-order valence-corrected chi connectivity index (χ1v) is 14.6. The largest absolute Gasteiger partial charge is 0.496 e. The monoisotopic (exact) mass is 569 g/mol. The Labute approximate surface area is 239 Å². The zero-order chi connectivity index (χ0) is 28.6. The molecule has 2 saturated heterocycles. The van der Waals surface area contributed by atoms with Crippen LogP contribution in [0, 0.1) is 0 Å². The van der Waals surface area contributed by atoms with E-state index < -0.39 is 11.6 Å². The zero-order valence-corrected chi connectivity index (χ0v) is 23.8. The molecule has 0 atom stereocenters. The maximum atomic E-state index is 14.2. The minimum absolute atomic E-state index is 0.0414. The number of rotatable bonds is 8. The van der Waals surface area contributed by atoms with E-state index in [0.29, 0.717) is 30.3 Å². The summed E-state index contributed by atoms with van der Waals surface area (Å²) >= 11 is 0. The number of anilines is 2. The summed E-state index contributed by atoms with van der Waals surface area (Å²) in [5.41, 5.74) is 0.822. The Morgan fingerprint density at radius 3 is 2.44 bits per heavy atom. The Hall–Kier alpha value is -3.11. The molecule has 10 heteroatoms. The Bertz CT molecular complexity index is 1370. The first-order chi connectivity index (χ1) is 19.8. The van der Waals surface area contributed by atoms with E-state index in [9.17, 15) is 13.2 Å². The van der Waals surface area contributed by atoms with Crippen LogP contribution in [-0.2, 0) is 10.2 Å². The van der Waals surface area contributed by atoms with Crippen molar-refractivity contribution in [3.05, 3.63) is 53.9 Å². The molecular weight excluding hydrogens is 531 g/mol. The Kier molecular flexibility index (Phi) is 7.72. The highest BCUT2D eigenvalue weighted by Crippen LogP contribution is 2.58. The highest BCUT2D eigenvalue weighted by Gasteiger charge is 2.66. The van der Waals surface area contributed by atoms with Gasteiger partial charge in [0, 0.05) is 57.4 Å². The van der Waals surface area contributed by atoms with Crippen LogP contribution in [-0.4, -0.2) is 87.7 Å². The van der Waals surface area contributed by atoms with E-state index in [2.05, 4.69) is 32.8 Å². The Morgan fingerprint density at radius 2 is 1.76 bits per heavy atom. The van der Waals surface area contributed by atoms with Crippen molar-refractivity contribution >= 4 is 22.4 Å². The number of alkyl halides is 3. The summed E-state index contributed by atoms with van der Waals surface area (Å²) in [4.78, 5) is 16.0. The van der Waals surface area contributed by atoms with Crippen molar-refractivity contribution in [2.75, 3.05) is 76.4 Å². The Morgan fingerprint density at radius 1 is 1.02 bits per heavy atom. The normalized spacial score (nSPS) is 19.9. The van der Waals surface area contributed by atoms with Crippen LogP contribution < -0.4 is 14.5 Å². The second-order valence-corrected chi connectivity index (χ2v) is 11.5. The van der Waals surface area contributed by atoms with Crippen molar-refractivity contribution in [1.82, 2.24) is 14.9 Å². The van der Waals surface area contributed by atoms with Crippen molar-refractivity contribution in [1.29, 1.82) is 0 Å². The van der Waals surface area contributed by atoms with Gasteiger partial charge in [-0.25, -0.2) is 9.97 Å². The van der Waals surface area contributed by atoms with Gasteiger partial charge in [-0.2, -0.15) is 13.2 Å². The van der Waals surface area contributed by atoms with Gasteiger partial charge in [-0.05, 0) is 61.4 Å². The first kappa shape index (κ1) is 28.0. The molecule has 0 radical (unpaired) electrons. The number of methoxy groups -OCH3 is 1. The fraction of sp³-hybridized carbons (Fsp3) is 0.548. The predicted molar refractivity (Wildman–Crippen MR) is 154 cm³/mol. The van der Waals surface area contributed by atoms with Gasteiger partial charge in [-0.15, -0.1) is 0 Å². The van der Waals surface area contributed by atoms with Crippen LogP contribution in [0.5, 0.6) is 5.75 Å². The highest BCUT2D eigenvalue weighted by molar-refractivity contribution is 5.92.